The largest absolute Gasteiger partial charge is 0.180 e. The van der Waals surface area contributed by atoms with E-state index in [0.717, 1.165) is 6.42 Å². The van der Waals surface area contributed by atoms with Crippen LogP contribution < -0.4 is 5.53 Å². The first-order valence-corrected chi connectivity index (χ1v) is 3.47. The van der Waals surface area contributed by atoms with E-state index in [1.807, 2.05) is 0 Å². The van der Waals surface area contributed by atoms with E-state index in [9.17, 15) is 0 Å². The topological polar surface area (TPSA) is 49.1 Å². The second-order valence-corrected chi connectivity index (χ2v) is 2.79. The molecule has 0 amide bonds. The van der Waals surface area contributed by atoms with Gasteiger partial charge in [-0.3, -0.25) is 0 Å². The molecule has 10 heavy (non-hydrogen) atoms. The SMILES string of the molecule is CC(C)CC1C=NNN=N1. The van der Waals surface area contributed by atoms with Gasteiger partial charge in [0, 0.05) is 0 Å². The lowest BCUT2D eigenvalue weighted by Crippen LogP contribution is -2.15. The molecule has 1 aliphatic heterocycles. The van der Waals surface area contributed by atoms with Gasteiger partial charge < -0.3 is 0 Å². The minimum absolute atomic E-state index is 0.182. The third kappa shape index (κ3) is 2.13. The number of hydrogen-bond acceptors (Lipinski definition) is 4. The highest BCUT2D eigenvalue weighted by Gasteiger charge is 2.08. The van der Waals surface area contributed by atoms with Gasteiger partial charge in [-0.05, 0) is 12.3 Å². The van der Waals surface area contributed by atoms with Crippen LogP contribution in [0.3, 0.4) is 0 Å². The van der Waals surface area contributed by atoms with Crippen molar-refractivity contribution in [1.29, 1.82) is 0 Å². The molecule has 1 rings (SSSR count). The molecule has 4 nitrogen and oxygen atoms in total. The van der Waals surface area contributed by atoms with Gasteiger partial charge in [-0.1, -0.05) is 19.1 Å². The molecule has 0 radical (unpaired) electrons. The molecule has 0 aliphatic carbocycles. The third-order valence-corrected chi connectivity index (χ3v) is 1.27. The van der Waals surface area contributed by atoms with Crippen LogP contribution in [0.15, 0.2) is 15.4 Å². The molecule has 1 aliphatic rings. The highest BCUT2D eigenvalue weighted by molar-refractivity contribution is 5.64. The fraction of sp³-hybridized carbons (Fsp3) is 0.833. The van der Waals surface area contributed by atoms with E-state index in [1.54, 1.807) is 6.21 Å². The molecule has 4 heteroatoms. The van der Waals surface area contributed by atoms with E-state index in [-0.39, 0.29) is 6.04 Å². The van der Waals surface area contributed by atoms with Gasteiger partial charge in [0.15, 0.2) is 0 Å². The van der Waals surface area contributed by atoms with E-state index in [1.165, 1.54) is 0 Å². The summed E-state index contributed by atoms with van der Waals surface area (Å²) in [5.41, 5.74) is 2.42. The standard InChI is InChI=1S/C6H12N4/c1-5(2)3-6-4-7-9-10-8-6/h4-6H,3H2,1-2H3,(H,8,9). The van der Waals surface area contributed by atoms with Crippen molar-refractivity contribution in [1.82, 2.24) is 5.53 Å². The Labute approximate surface area is 60.4 Å². The van der Waals surface area contributed by atoms with Crippen molar-refractivity contribution in [3.63, 3.8) is 0 Å². The molecule has 0 spiro atoms. The summed E-state index contributed by atoms with van der Waals surface area (Å²) in [6, 6.07) is 0.182. The van der Waals surface area contributed by atoms with Gasteiger partial charge >= 0.3 is 0 Å². The zero-order valence-corrected chi connectivity index (χ0v) is 6.28. The highest BCUT2D eigenvalue weighted by atomic mass is 15.6. The Hall–Kier alpha value is -0.930. The minimum Gasteiger partial charge on any atom is -0.180 e. The van der Waals surface area contributed by atoms with Crippen LogP contribution in [-0.4, -0.2) is 12.3 Å². The zero-order chi connectivity index (χ0) is 7.40. The Morgan fingerprint density at radius 1 is 1.60 bits per heavy atom. The fourth-order valence-corrected chi connectivity index (χ4v) is 0.866. The van der Waals surface area contributed by atoms with Gasteiger partial charge in [0.25, 0.3) is 0 Å². The van der Waals surface area contributed by atoms with Crippen molar-refractivity contribution in [2.75, 3.05) is 0 Å². The van der Waals surface area contributed by atoms with E-state index in [4.69, 9.17) is 0 Å². The number of nitrogens with zero attached hydrogens (tertiary/aromatic N) is 3. The van der Waals surface area contributed by atoms with Crippen LogP contribution in [0.25, 0.3) is 0 Å². The third-order valence-electron chi connectivity index (χ3n) is 1.27. The van der Waals surface area contributed by atoms with Gasteiger partial charge in [0.05, 0.1) is 6.21 Å². The van der Waals surface area contributed by atoms with Crippen LogP contribution in [0.5, 0.6) is 0 Å². The summed E-state index contributed by atoms with van der Waals surface area (Å²) in [6.07, 6.45) is 2.81. The smallest absolute Gasteiger partial charge is 0.110 e. The van der Waals surface area contributed by atoms with Gasteiger partial charge in [0.1, 0.15) is 6.04 Å². The van der Waals surface area contributed by atoms with E-state index < -0.39 is 0 Å². The maximum Gasteiger partial charge on any atom is 0.110 e. The van der Waals surface area contributed by atoms with Crippen molar-refractivity contribution in [2.45, 2.75) is 26.3 Å². The Morgan fingerprint density at radius 3 is 2.90 bits per heavy atom. The van der Waals surface area contributed by atoms with Crippen LogP contribution in [0.1, 0.15) is 20.3 Å². The Kier molecular flexibility index (Phi) is 2.36. The summed E-state index contributed by atoms with van der Waals surface area (Å²) >= 11 is 0. The summed E-state index contributed by atoms with van der Waals surface area (Å²) in [5.74, 6) is 0.647. The zero-order valence-electron chi connectivity index (χ0n) is 6.28. The maximum atomic E-state index is 3.93. The normalized spacial score (nSPS) is 23.3. The summed E-state index contributed by atoms with van der Waals surface area (Å²) in [4.78, 5) is 0. The molecular formula is C6H12N4. The van der Waals surface area contributed by atoms with Crippen LogP contribution in [0.4, 0.5) is 0 Å². The molecule has 1 atom stereocenters. The van der Waals surface area contributed by atoms with Crippen LogP contribution in [-0.2, 0) is 0 Å². The summed E-state index contributed by atoms with van der Waals surface area (Å²) in [5, 5.41) is 11.3. The second-order valence-electron chi connectivity index (χ2n) is 2.79. The summed E-state index contributed by atoms with van der Waals surface area (Å²) < 4.78 is 0. The Balaban J connectivity index is 2.33. The monoisotopic (exact) mass is 140 g/mol. The molecule has 0 aromatic heterocycles. The van der Waals surface area contributed by atoms with Crippen LogP contribution in [0.2, 0.25) is 0 Å². The maximum absolute atomic E-state index is 3.93. The van der Waals surface area contributed by atoms with Crippen molar-refractivity contribution in [2.24, 2.45) is 21.4 Å². The minimum atomic E-state index is 0.182. The van der Waals surface area contributed by atoms with Crippen molar-refractivity contribution in [3.8, 4) is 0 Å². The first-order valence-electron chi connectivity index (χ1n) is 3.47. The lowest BCUT2D eigenvalue weighted by Gasteiger charge is -2.10. The Bertz CT molecular complexity index is 138. The van der Waals surface area contributed by atoms with E-state index in [0.29, 0.717) is 5.92 Å². The number of rotatable bonds is 2. The number of nitrogens with one attached hydrogen (secondary N) is 1. The summed E-state index contributed by atoms with van der Waals surface area (Å²) in [7, 11) is 0. The molecule has 0 aromatic rings. The number of hydrazone groups is 1. The van der Waals surface area contributed by atoms with Gasteiger partial charge in [0.2, 0.25) is 0 Å². The van der Waals surface area contributed by atoms with Crippen molar-refractivity contribution >= 4 is 6.21 Å². The lowest BCUT2D eigenvalue weighted by molar-refractivity contribution is 0.525. The second kappa shape index (κ2) is 3.29. The molecule has 1 N–H and O–H groups in total. The molecule has 0 saturated heterocycles. The lowest BCUT2D eigenvalue weighted by atomic mass is 10.1. The predicted molar refractivity (Wildman–Crippen MR) is 39.7 cm³/mol. The predicted octanol–water partition coefficient (Wildman–Crippen LogP) is 1.36. The van der Waals surface area contributed by atoms with Gasteiger partial charge in [-0.2, -0.15) is 15.8 Å². The molecule has 0 fully saturated rings. The Morgan fingerprint density at radius 2 is 2.40 bits per heavy atom. The average Bonchev–Trinajstić information content (AvgIpc) is 1.88. The molecule has 0 bridgehead atoms. The van der Waals surface area contributed by atoms with E-state index >= 15 is 0 Å². The van der Waals surface area contributed by atoms with Crippen molar-refractivity contribution < 1.29 is 0 Å². The highest BCUT2D eigenvalue weighted by Crippen LogP contribution is 2.07. The molecule has 56 valence electrons. The van der Waals surface area contributed by atoms with Crippen LogP contribution in [0, 0.1) is 5.92 Å². The quantitative estimate of drug-likeness (QED) is 0.618. The fourth-order valence-electron chi connectivity index (χ4n) is 0.866. The first kappa shape index (κ1) is 7.18. The van der Waals surface area contributed by atoms with E-state index in [2.05, 4.69) is 34.8 Å². The number of hydrogen-bond donors (Lipinski definition) is 1. The molecular weight excluding hydrogens is 128 g/mol. The van der Waals surface area contributed by atoms with Crippen LogP contribution >= 0.6 is 0 Å². The molecule has 1 heterocycles. The molecule has 0 saturated carbocycles. The summed E-state index contributed by atoms with van der Waals surface area (Å²) in [6.45, 7) is 4.32. The van der Waals surface area contributed by atoms with Gasteiger partial charge in [-0.25, -0.2) is 0 Å². The molecule has 0 aromatic carbocycles. The molecule has 1 unspecified atom stereocenters. The average molecular weight is 140 g/mol. The van der Waals surface area contributed by atoms with Gasteiger partial charge in [-0.15, -0.1) is 0 Å². The van der Waals surface area contributed by atoms with Crippen molar-refractivity contribution in [3.05, 3.63) is 0 Å². The first-order chi connectivity index (χ1) is 4.79.